The minimum atomic E-state index is -4.79. The fourth-order valence-electron chi connectivity index (χ4n) is 3.00. The van der Waals surface area contributed by atoms with Gasteiger partial charge in [-0.1, -0.05) is 17.3 Å². The van der Waals surface area contributed by atoms with Crippen LogP contribution in [-0.4, -0.2) is 46.7 Å². The number of rotatable bonds is 7. The smallest absolute Gasteiger partial charge is 0.406 e. The second-order valence-electron chi connectivity index (χ2n) is 6.99. The second-order valence-corrected chi connectivity index (χ2v) is 8.88. The number of benzene rings is 2. The predicted octanol–water partition coefficient (Wildman–Crippen LogP) is 3.16. The summed E-state index contributed by atoms with van der Waals surface area (Å²) in [6, 6.07) is 11.4. The first-order valence-corrected chi connectivity index (χ1v) is 11.2. The van der Waals surface area contributed by atoms with Crippen LogP contribution in [0.15, 0.2) is 57.9 Å². The molecule has 2 heterocycles. The van der Waals surface area contributed by atoms with Crippen LogP contribution in [0.25, 0.3) is 23.1 Å². The van der Waals surface area contributed by atoms with Crippen molar-refractivity contribution in [3.63, 3.8) is 0 Å². The van der Waals surface area contributed by atoms with Crippen molar-refractivity contribution in [3.8, 4) is 28.9 Å². The fraction of sp³-hybridized carbons (Fsp3) is 0.200. The summed E-state index contributed by atoms with van der Waals surface area (Å²) in [7, 11) is -2.26. The van der Waals surface area contributed by atoms with Crippen molar-refractivity contribution in [3.05, 3.63) is 59.9 Å². The monoisotopic (exact) mass is 494 g/mol. The first-order chi connectivity index (χ1) is 16.0. The lowest BCUT2D eigenvalue weighted by Gasteiger charge is -2.08. The Balaban J connectivity index is 1.53. The molecule has 0 aliphatic heterocycles. The van der Waals surface area contributed by atoms with E-state index in [1.165, 1.54) is 31.3 Å². The van der Waals surface area contributed by atoms with Crippen molar-refractivity contribution in [2.75, 3.05) is 7.05 Å². The number of aryl methyl sites for hydroxylation is 1. The molecule has 4 aromatic rings. The summed E-state index contributed by atoms with van der Waals surface area (Å²) in [5.41, 5.74) is 1.09. The van der Waals surface area contributed by atoms with E-state index in [4.69, 9.17) is 4.52 Å². The summed E-state index contributed by atoms with van der Waals surface area (Å²) < 4.78 is 73.9. The van der Waals surface area contributed by atoms with Crippen LogP contribution < -0.4 is 9.46 Å². The Morgan fingerprint density at radius 2 is 1.82 bits per heavy atom. The second kappa shape index (κ2) is 8.87. The molecule has 0 bridgehead atoms. The summed E-state index contributed by atoms with van der Waals surface area (Å²) >= 11 is 0. The van der Waals surface area contributed by atoms with Crippen molar-refractivity contribution in [2.45, 2.75) is 24.7 Å². The van der Waals surface area contributed by atoms with E-state index in [0.29, 0.717) is 17.0 Å². The number of ether oxygens (including phenoxy) is 1. The minimum Gasteiger partial charge on any atom is -0.406 e. The summed E-state index contributed by atoms with van der Waals surface area (Å²) in [6.07, 6.45) is -4.79. The Morgan fingerprint density at radius 3 is 2.50 bits per heavy atom. The molecule has 0 fully saturated rings. The lowest BCUT2D eigenvalue weighted by Crippen LogP contribution is -2.18. The molecule has 2 aromatic heterocycles. The molecule has 34 heavy (non-hydrogen) atoms. The van der Waals surface area contributed by atoms with Gasteiger partial charge < -0.3 is 9.26 Å². The Hall–Kier alpha value is -3.78. The lowest BCUT2D eigenvalue weighted by atomic mass is 10.2. The Bertz CT molecular complexity index is 1410. The zero-order chi connectivity index (χ0) is 24.5. The highest BCUT2D eigenvalue weighted by Crippen LogP contribution is 2.26. The molecular weight excluding hydrogens is 477 g/mol. The predicted molar refractivity (Wildman–Crippen MR) is 112 cm³/mol. The number of hydrogen-bond acceptors (Lipinski definition) is 8. The van der Waals surface area contributed by atoms with Crippen molar-refractivity contribution < 1.29 is 30.8 Å². The van der Waals surface area contributed by atoms with Crippen molar-refractivity contribution in [2.24, 2.45) is 0 Å². The summed E-state index contributed by atoms with van der Waals surface area (Å²) in [6.45, 7) is 1.95. The molecule has 0 atom stereocenters. The van der Waals surface area contributed by atoms with E-state index in [2.05, 4.69) is 29.7 Å². The Labute approximate surface area is 191 Å². The third-order valence-corrected chi connectivity index (χ3v) is 6.04. The number of nitrogens with one attached hydrogen (secondary N) is 1. The molecule has 1 N–H and O–H groups in total. The molecule has 0 saturated heterocycles. The fourth-order valence-corrected chi connectivity index (χ4v) is 3.80. The summed E-state index contributed by atoms with van der Waals surface area (Å²) in [4.78, 5) is 8.64. The average molecular weight is 494 g/mol. The van der Waals surface area contributed by atoms with Crippen LogP contribution in [-0.2, 0) is 16.6 Å². The van der Waals surface area contributed by atoms with E-state index >= 15 is 0 Å². The van der Waals surface area contributed by atoms with E-state index in [9.17, 15) is 21.6 Å². The zero-order valence-corrected chi connectivity index (χ0v) is 18.6. The molecule has 0 amide bonds. The van der Waals surface area contributed by atoms with E-state index in [0.717, 1.165) is 12.1 Å². The first kappa shape index (κ1) is 23.4. The molecule has 14 heteroatoms. The molecule has 2 aromatic carbocycles. The number of alkyl halides is 3. The molecule has 4 rings (SSSR count). The van der Waals surface area contributed by atoms with E-state index in [1.54, 1.807) is 23.7 Å². The van der Waals surface area contributed by atoms with E-state index in [-0.39, 0.29) is 34.7 Å². The number of hydrogen-bond donors (Lipinski definition) is 1. The quantitative estimate of drug-likeness (QED) is 0.415. The molecule has 10 nitrogen and oxygen atoms in total. The normalized spacial score (nSPS) is 12.1. The van der Waals surface area contributed by atoms with Gasteiger partial charge in [-0.15, -0.1) is 18.3 Å². The van der Waals surface area contributed by atoms with Gasteiger partial charge in [0.25, 0.3) is 5.89 Å². The number of halogens is 3. The lowest BCUT2D eigenvalue weighted by molar-refractivity contribution is -0.274. The zero-order valence-electron chi connectivity index (χ0n) is 17.7. The van der Waals surface area contributed by atoms with E-state index < -0.39 is 16.4 Å². The molecule has 178 valence electrons. The van der Waals surface area contributed by atoms with Gasteiger partial charge in [-0.25, -0.2) is 22.8 Å². The van der Waals surface area contributed by atoms with Gasteiger partial charge in [-0.3, -0.25) is 0 Å². The van der Waals surface area contributed by atoms with Crippen molar-refractivity contribution >= 4 is 10.0 Å². The molecule has 0 aliphatic rings. The average Bonchev–Trinajstić information content (AvgIpc) is 3.41. The Morgan fingerprint density at radius 1 is 1.09 bits per heavy atom. The maximum Gasteiger partial charge on any atom is 0.573 e. The van der Waals surface area contributed by atoms with Crippen molar-refractivity contribution in [1.29, 1.82) is 0 Å². The molecule has 0 unspecified atom stereocenters. The van der Waals surface area contributed by atoms with Crippen LogP contribution in [0.1, 0.15) is 11.4 Å². The van der Waals surface area contributed by atoms with Crippen LogP contribution in [0.4, 0.5) is 13.2 Å². The van der Waals surface area contributed by atoms with Gasteiger partial charge >= 0.3 is 6.36 Å². The Kier molecular flexibility index (Phi) is 6.10. The van der Waals surface area contributed by atoms with Gasteiger partial charge in [-0.2, -0.15) is 4.98 Å². The van der Waals surface area contributed by atoms with Crippen LogP contribution in [0, 0.1) is 6.92 Å². The molecular formula is C20H17F3N6O4S. The van der Waals surface area contributed by atoms with Crippen LogP contribution in [0.5, 0.6) is 5.75 Å². The number of sulfonamides is 1. The number of aromatic nitrogens is 5. The van der Waals surface area contributed by atoms with Crippen LogP contribution >= 0.6 is 0 Å². The highest BCUT2D eigenvalue weighted by atomic mass is 32.2. The van der Waals surface area contributed by atoms with Crippen LogP contribution in [0.3, 0.4) is 0 Å². The van der Waals surface area contributed by atoms with Gasteiger partial charge in [-0.05, 0) is 55.9 Å². The highest BCUT2D eigenvalue weighted by molar-refractivity contribution is 7.89. The van der Waals surface area contributed by atoms with Gasteiger partial charge in [0.1, 0.15) is 11.6 Å². The van der Waals surface area contributed by atoms with Crippen LogP contribution in [0.2, 0.25) is 0 Å². The summed E-state index contributed by atoms with van der Waals surface area (Å²) in [5.74, 6) is 0.437. The van der Waals surface area contributed by atoms with Gasteiger partial charge in [0.05, 0.1) is 11.4 Å². The largest absolute Gasteiger partial charge is 0.573 e. The standard InChI is InChI=1S/C20H17F3N6O4S/c1-12-25-18(27-29(12)11-13-4-3-5-16(10-13)34(30,31)24-2)19-26-17(28-33-19)14-6-8-15(9-7-14)32-20(21,22)23/h3-10,24H,11H2,1-2H3. The van der Waals surface area contributed by atoms with Gasteiger partial charge in [0.2, 0.25) is 21.7 Å². The topological polar surface area (TPSA) is 125 Å². The third kappa shape index (κ3) is 5.23. The van der Waals surface area contributed by atoms with Gasteiger partial charge in [0.15, 0.2) is 0 Å². The van der Waals surface area contributed by atoms with Crippen molar-refractivity contribution in [1.82, 2.24) is 29.6 Å². The molecule has 0 saturated carbocycles. The molecule has 0 radical (unpaired) electrons. The maximum atomic E-state index is 12.3. The highest BCUT2D eigenvalue weighted by Gasteiger charge is 2.31. The SMILES string of the molecule is CNS(=O)(=O)c1cccc(Cn2nc(-c3nc(-c4ccc(OC(F)(F)F)cc4)no3)nc2C)c1. The summed E-state index contributed by atoms with van der Waals surface area (Å²) in [5, 5.41) is 8.17. The minimum absolute atomic E-state index is 0.0129. The molecule has 0 aliphatic carbocycles. The maximum absolute atomic E-state index is 12.3. The molecule has 0 spiro atoms. The first-order valence-electron chi connectivity index (χ1n) is 9.68. The third-order valence-electron chi connectivity index (χ3n) is 4.63. The van der Waals surface area contributed by atoms with E-state index in [1.807, 2.05) is 0 Å². The van der Waals surface area contributed by atoms with Gasteiger partial charge in [0, 0.05) is 5.56 Å². The number of nitrogens with zero attached hydrogens (tertiary/aromatic N) is 5.